The predicted molar refractivity (Wildman–Crippen MR) is 97.0 cm³/mol. The monoisotopic (exact) mass is 329 g/mol. The van der Waals surface area contributed by atoms with E-state index in [2.05, 4.69) is 17.2 Å². The van der Waals surface area contributed by atoms with Gasteiger partial charge in [0.15, 0.2) is 0 Å². The second-order valence-electron chi connectivity index (χ2n) is 6.14. The van der Waals surface area contributed by atoms with Crippen LogP contribution in [0.2, 0.25) is 0 Å². The number of aromatic nitrogens is 2. The van der Waals surface area contributed by atoms with E-state index in [0.717, 1.165) is 18.4 Å². The number of para-hydroxylation sites is 2. The topological polar surface area (TPSA) is 64.0 Å². The van der Waals surface area contributed by atoms with Crippen molar-refractivity contribution in [3.63, 3.8) is 0 Å². The van der Waals surface area contributed by atoms with Gasteiger partial charge < -0.3 is 5.32 Å². The molecule has 0 aliphatic carbocycles. The highest BCUT2D eigenvalue weighted by Crippen LogP contribution is 2.08. The average molecular weight is 329 g/mol. The molecule has 0 unspecified atom stereocenters. The molecule has 1 amide bonds. The fourth-order valence-corrected chi connectivity index (χ4v) is 2.79. The lowest BCUT2D eigenvalue weighted by molar-refractivity contribution is -0.121. The van der Waals surface area contributed by atoms with Gasteiger partial charge in [0.05, 0.1) is 17.2 Å². The molecule has 5 heteroatoms. The summed E-state index contributed by atoms with van der Waals surface area (Å²) in [5, 5.41) is 2.91. The number of benzene rings is 1. The minimum absolute atomic E-state index is 0.0400. The van der Waals surface area contributed by atoms with Crippen LogP contribution in [0.4, 0.5) is 0 Å². The highest BCUT2D eigenvalue weighted by molar-refractivity contribution is 5.79. The van der Waals surface area contributed by atoms with Gasteiger partial charge in [0.2, 0.25) is 5.91 Å². The van der Waals surface area contributed by atoms with E-state index in [-0.39, 0.29) is 18.0 Å². The first-order valence-electron chi connectivity index (χ1n) is 8.93. The summed E-state index contributed by atoms with van der Waals surface area (Å²) in [6, 6.07) is 7.36. The Bertz CT molecular complexity index is 709. The van der Waals surface area contributed by atoms with Crippen LogP contribution in [0.5, 0.6) is 0 Å². The highest BCUT2D eigenvalue weighted by atomic mass is 16.2. The van der Waals surface area contributed by atoms with E-state index in [9.17, 15) is 9.59 Å². The summed E-state index contributed by atoms with van der Waals surface area (Å²) < 4.78 is 1.47. The number of fused-ring (bicyclic) bond motifs is 1. The summed E-state index contributed by atoms with van der Waals surface area (Å²) in [4.78, 5) is 28.2. The van der Waals surface area contributed by atoms with Gasteiger partial charge in [0, 0.05) is 6.54 Å². The minimum atomic E-state index is -0.250. The van der Waals surface area contributed by atoms with Crippen molar-refractivity contribution in [3.05, 3.63) is 40.8 Å². The molecule has 130 valence electrons. The standard InChI is InChI=1S/C19H27N3O2/c1-2-3-4-5-6-7-10-13-20-18(23)15-22-17-12-9-8-11-16(17)21-14-19(22)24/h8-9,11-12,14H,2-7,10,13,15H2,1H3,(H,20,23). The third-order valence-corrected chi connectivity index (χ3v) is 4.16. The number of unbranched alkanes of at least 4 members (excludes halogenated alkanes) is 6. The van der Waals surface area contributed by atoms with Crippen LogP contribution >= 0.6 is 0 Å². The van der Waals surface area contributed by atoms with E-state index in [1.165, 1.54) is 42.9 Å². The van der Waals surface area contributed by atoms with Crippen molar-refractivity contribution in [2.24, 2.45) is 0 Å². The summed E-state index contributed by atoms with van der Waals surface area (Å²) in [5.74, 6) is -0.126. The van der Waals surface area contributed by atoms with Crippen molar-refractivity contribution in [2.75, 3.05) is 6.54 Å². The maximum Gasteiger partial charge on any atom is 0.269 e. The number of nitrogens with zero attached hydrogens (tertiary/aromatic N) is 2. The van der Waals surface area contributed by atoms with Crippen LogP contribution in [0.25, 0.3) is 11.0 Å². The first kappa shape index (κ1) is 18.2. The second kappa shape index (κ2) is 9.85. The third-order valence-electron chi connectivity index (χ3n) is 4.16. The van der Waals surface area contributed by atoms with Crippen molar-refractivity contribution in [1.29, 1.82) is 0 Å². The van der Waals surface area contributed by atoms with Crippen LogP contribution in [0, 0.1) is 0 Å². The SMILES string of the molecule is CCCCCCCCCNC(=O)Cn1c(=O)cnc2ccccc21. The molecule has 1 N–H and O–H groups in total. The Balaban J connectivity index is 1.77. The zero-order valence-electron chi connectivity index (χ0n) is 14.5. The van der Waals surface area contributed by atoms with E-state index in [1.807, 2.05) is 24.3 Å². The molecule has 2 aromatic rings. The summed E-state index contributed by atoms with van der Waals surface area (Å²) >= 11 is 0. The Morgan fingerprint density at radius 3 is 2.58 bits per heavy atom. The molecule has 0 spiro atoms. The molecule has 1 heterocycles. The van der Waals surface area contributed by atoms with Crippen LogP contribution in [0.15, 0.2) is 35.3 Å². The van der Waals surface area contributed by atoms with E-state index >= 15 is 0 Å². The largest absolute Gasteiger partial charge is 0.355 e. The van der Waals surface area contributed by atoms with Gasteiger partial charge >= 0.3 is 0 Å². The van der Waals surface area contributed by atoms with Gasteiger partial charge in [-0.2, -0.15) is 0 Å². The Labute approximate surface area is 143 Å². The first-order chi connectivity index (χ1) is 11.7. The maximum atomic E-state index is 12.1. The van der Waals surface area contributed by atoms with Gasteiger partial charge in [-0.15, -0.1) is 0 Å². The van der Waals surface area contributed by atoms with Gasteiger partial charge in [-0.05, 0) is 18.6 Å². The molecule has 5 nitrogen and oxygen atoms in total. The van der Waals surface area contributed by atoms with Gasteiger partial charge in [-0.3, -0.25) is 14.2 Å². The fourth-order valence-electron chi connectivity index (χ4n) is 2.79. The molecule has 0 atom stereocenters. The van der Waals surface area contributed by atoms with Crippen LogP contribution in [0.3, 0.4) is 0 Å². The van der Waals surface area contributed by atoms with Gasteiger partial charge in [-0.1, -0.05) is 57.6 Å². The summed E-state index contributed by atoms with van der Waals surface area (Å²) in [6.45, 7) is 2.93. The lowest BCUT2D eigenvalue weighted by atomic mass is 10.1. The number of hydrogen-bond donors (Lipinski definition) is 1. The van der Waals surface area contributed by atoms with E-state index in [1.54, 1.807) is 0 Å². The Hall–Kier alpha value is -2.17. The molecule has 0 bridgehead atoms. The van der Waals surface area contributed by atoms with E-state index < -0.39 is 0 Å². The Morgan fingerprint density at radius 1 is 1.08 bits per heavy atom. The van der Waals surface area contributed by atoms with Crippen LogP contribution in [-0.2, 0) is 11.3 Å². The molecule has 0 saturated carbocycles. The molecule has 1 aromatic carbocycles. The fraction of sp³-hybridized carbons (Fsp3) is 0.526. The molecule has 0 fully saturated rings. The number of nitrogens with one attached hydrogen (secondary N) is 1. The molecule has 0 saturated heterocycles. The normalized spacial score (nSPS) is 10.9. The van der Waals surface area contributed by atoms with Gasteiger partial charge in [-0.25, -0.2) is 4.98 Å². The predicted octanol–water partition coefficient (Wildman–Crippen LogP) is 3.26. The second-order valence-corrected chi connectivity index (χ2v) is 6.14. The molecule has 1 aromatic heterocycles. The first-order valence-corrected chi connectivity index (χ1v) is 8.93. The van der Waals surface area contributed by atoms with Crippen molar-refractivity contribution in [1.82, 2.24) is 14.9 Å². The van der Waals surface area contributed by atoms with Crippen LogP contribution in [0.1, 0.15) is 51.9 Å². The van der Waals surface area contributed by atoms with Crippen LogP contribution in [-0.4, -0.2) is 22.0 Å². The summed E-state index contributed by atoms with van der Waals surface area (Å²) in [6.07, 6.45) is 9.79. The maximum absolute atomic E-state index is 12.1. The lowest BCUT2D eigenvalue weighted by Crippen LogP contribution is -2.33. The van der Waals surface area contributed by atoms with Crippen molar-refractivity contribution in [2.45, 2.75) is 58.4 Å². The molecule has 0 radical (unpaired) electrons. The minimum Gasteiger partial charge on any atom is -0.355 e. The molecular formula is C19H27N3O2. The average Bonchev–Trinajstić information content (AvgIpc) is 2.60. The number of hydrogen-bond acceptors (Lipinski definition) is 3. The zero-order chi connectivity index (χ0) is 17.2. The van der Waals surface area contributed by atoms with Gasteiger partial charge in [0.1, 0.15) is 6.54 Å². The van der Waals surface area contributed by atoms with Crippen LogP contribution < -0.4 is 10.9 Å². The Kier molecular flexibility index (Phi) is 7.46. The number of carbonyl (C=O) groups excluding carboxylic acids is 1. The van der Waals surface area contributed by atoms with Gasteiger partial charge in [0.25, 0.3) is 5.56 Å². The molecular weight excluding hydrogens is 302 g/mol. The zero-order valence-corrected chi connectivity index (χ0v) is 14.5. The number of carbonyl (C=O) groups is 1. The smallest absolute Gasteiger partial charge is 0.269 e. The summed E-state index contributed by atoms with van der Waals surface area (Å²) in [5.41, 5.74) is 1.16. The lowest BCUT2D eigenvalue weighted by Gasteiger charge is -2.10. The molecule has 0 aliphatic rings. The number of amides is 1. The van der Waals surface area contributed by atoms with E-state index in [4.69, 9.17) is 0 Å². The van der Waals surface area contributed by atoms with Crippen molar-refractivity contribution >= 4 is 16.9 Å². The molecule has 2 rings (SSSR count). The molecule has 0 aliphatic heterocycles. The third kappa shape index (κ3) is 5.48. The van der Waals surface area contributed by atoms with Crippen molar-refractivity contribution < 1.29 is 4.79 Å². The highest BCUT2D eigenvalue weighted by Gasteiger charge is 2.08. The Morgan fingerprint density at radius 2 is 1.79 bits per heavy atom. The quantitative estimate of drug-likeness (QED) is 0.681. The van der Waals surface area contributed by atoms with Crippen molar-refractivity contribution in [3.8, 4) is 0 Å². The number of rotatable bonds is 10. The van der Waals surface area contributed by atoms with E-state index in [0.29, 0.717) is 12.1 Å². The summed E-state index contributed by atoms with van der Waals surface area (Å²) in [7, 11) is 0. The molecule has 24 heavy (non-hydrogen) atoms.